The molecule has 1 fully saturated rings. The molecule has 18 heavy (non-hydrogen) atoms. The number of aromatic nitrogens is 1. The Morgan fingerprint density at radius 1 is 1.17 bits per heavy atom. The number of pyridine rings is 1. The highest BCUT2D eigenvalue weighted by molar-refractivity contribution is 5.34. The van der Waals surface area contributed by atoms with Crippen LogP contribution in [0.25, 0.3) is 0 Å². The van der Waals surface area contributed by atoms with Crippen LogP contribution < -0.4 is 10.5 Å². The molecule has 0 radical (unpaired) electrons. The fraction of sp³-hybridized carbons (Fsp3) is 0.615. The van der Waals surface area contributed by atoms with Crippen molar-refractivity contribution >= 4 is 5.82 Å². The zero-order valence-electron chi connectivity index (χ0n) is 10.6. The molecule has 0 aromatic carbocycles. The lowest BCUT2D eigenvalue weighted by atomic mass is 9.82. The smallest absolute Gasteiger partial charge is 0.252 e. The number of anilines is 1. The molecule has 0 amide bonds. The third-order valence-corrected chi connectivity index (χ3v) is 3.34. The fourth-order valence-electron chi connectivity index (χ4n) is 2.67. The standard InChI is InChI=1S/C13H18F2N2O/c1-7-3-8(2)5-9(4-7)18-13-11(15)6-10(14)12(16)17-13/h6-9H,3-5H2,1-2H3,(H2,16,17). The van der Waals surface area contributed by atoms with Crippen LogP contribution in [0.5, 0.6) is 5.88 Å². The SMILES string of the molecule is CC1CC(C)CC(Oc2nc(N)c(F)cc2F)C1. The van der Waals surface area contributed by atoms with E-state index < -0.39 is 11.6 Å². The molecule has 1 aromatic rings. The summed E-state index contributed by atoms with van der Waals surface area (Å²) in [6.07, 6.45) is 2.81. The minimum absolute atomic E-state index is 0.0735. The summed E-state index contributed by atoms with van der Waals surface area (Å²) in [5, 5.41) is 0. The van der Waals surface area contributed by atoms with Gasteiger partial charge in [0.2, 0.25) is 0 Å². The molecule has 5 heteroatoms. The van der Waals surface area contributed by atoms with Crippen LogP contribution in [0, 0.1) is 23.5 Å². The first kappa shape index (κ1) is 13.1. The molecule has 1 aromatic heterocycles. The molecule has 1 saturated carbocycles. The molecule has 0 spiro atoms. The summed E-state index contributed by atoms with van der Waals surface area (Å²) in [7, 11) is 0. The lowest BCUT2D eigenvalue weighted by Crippen LogP contribution is -2.29. The van der Waals surface area contributed by atoms with Gasteiger partial charge in [-0.15, -0.1) is 0 Å². The zero-order valence-corrected chi connectivity index (χ0v) is 10.6. The van der Waals surface area contributed by atoms with E-state index in [0.29, 0.717) is 17.9 Å². The van der Waals surface area contributed by atoms with E-state index in [0.717, 1.165) is 19.3 Å². The van der Waals surface area contributed by atoms with Gasteiger partial charge < -0.3 is 10.5 Å². The van der Waals surface area contributed by atoms with Gasteiger partial charge in [-0.3, -0.25) is 0 Å². The van der Waals surface area contributed by atoms with E-state index in [9.17, 15) is 8.78 Å². The maximum absolute atomic E-state index is 13.5. The first-order chi connectivity index (χ1) is 8.45. The quantitative estimate of drug-likeness (QED) is 0.884. The molecule has 1 aliphatic carbocycles. The van der Waals surface area contributed by atoms with Gasteiger partial charge in [-0.2, -0.15) is 4.98 Å². The Bertz CT molecular complexity index is 429. The van der Waals surface area contributed by atoms with Crippen LogP contribution in [-0.2, 0) is 0 Å². The number of rotatable bonds is 2. The predicted octanol–water partition coefficient (Wildman–Crippen LogP) is 3.15. The topological polar surface area (TPSA) is 48.1 Å². The number of hydrogen-bond donors (Lipinski definition) is 1. The van der Waals surface area contributed by atoms with Crippen LogP contribution in [0.3, 0.4) is 0 Å². The largest absolute Gasteiger partial charge is 0.472 e. The van der Waals surface area contributed by atoms with E-state index in [1.54, 1.807) is 0 Å². The summed E-state index contributed by atoms with van der Waals surface area (Å²) in [5.74, 6) is -1.10. The van der Waals surface area contributed by atoms with Crippen LogP contribution >= 0.6 is 0 Å². The fourth-order valence-corrected chi connectivity index (χ4v) is 2.67. The summed E-state index contributed by atoms with van der Waals surface area (Å²) < 4.78 is 32.0. The molecule has 2 N–H and O–H groups in total. The van der Waals surface area contributed by atoms with Crippen LogP contribution in [0.15, 0.2) is 6.07 Å². The summed E-state index contributed by atoms with van der Waals surface area (Å²) in [4.78, 5) is 3.62. The second-order valence-corrected chi connectivity index (χ2v) is 5.30. The minimum atomic E-state index is -0.856. The molecule has 2 unspecified atom stereocenters. The molecule has 2 atom stereocenters. The normalized spacial score (nSPS) is 28.1. The molecular formula is C13H18F2N2O. The molecule has 3 nitrogen and oxygen atoms in total. The summed E-state index contributed by atoms with van der Waals surface area (Å²) in [5.41, 5.74) is 5.32. The Kier molecular flexibility index (Phi) is 3.68. The Morgan fingerprint density at radius 3 is 2.39 bits per heavy atom. The maximum Gasteiger partial charge on any atom is 0.252 e. The lowest BCUT2D eigenvalue weighted by molar-refractivity contribution is 0.0923. The molecule has 2 rings (SSSR count). The average Bonchev–Trinajstić information content (AvgIpc) is 2.24. The molecule has 100 valence electrons. The average molecular weight is 256 g/mol. The van der Waals surface area contributed by atoms with Crippen molar-refractivity contribution in [2.45, 2.75) is 39.2 Å². The van der Waals surface area contributed by atoms with E-state index in [2.05, 4.69) is 18.8 Å². The highest BCUT2D eigenvalue weighted by Crippen LogP contribution is 2.31. The van der Waals surface area contributed by atoms with E-state index in [1.807, 2.05) is 0 Å². The lowest BCUT2D eigenvalue weighted by Gasteiger charge is -2.31. The van der Waals surface area contributed by atoms with Gasteiger partial charge in [-0.25, -0.2) is 8.78 Å². The highest BCUT2D eigenvalue weighted by atomic mass is 19.1. The van der Waals surface area contributed by atoms with Crippen molar-refractivity contribution in [1.29, 1.82) is 0 Å². The van der Waals surface area contributed by atoms with Crippen molar-refractivity contribution in [3.05, 3.63) is 17.7 Å². The van der Waals surface area contributed by atoms with Crippen LogP contribution in [0.4, 0.5) is 14.6 Å². The third-order valence-electron chi connectivity index (χ3n) is 3.34. The number of halogens is 2. The van der Waals surface area contributed by atoms with Gasteiger partial charge in [0.25, 0.3) is 5.88 Å². The van der Waals surface area contributed by atoms with Crippen molar-refractivity contribution in [3.63, 3.8) is 0 Å². The van der Waals surface area contributed by atoms with Crippen molar-refractivity contribution in [3.8, 4) is 5.88 Å². The Balaban J connectivity index is 2.11. The maximum atomic E-state index is 13.5. The van der Waals surface area contributed by atoms with Gasteiger partial charge in [0, 0.05) is 6.07 Å². The molecule has 1 heterocycles. The van der Waals surface area contributed by atoms with Crippen LogP contribution in [-0.4, -0.2) is 11.1 Å². The minimum Gasteiger partial charge on any atom is -0.472 e. The number of hydrogen-bond acceptors (Lipinski definition) is 3. The van der Waals surface area contributed by atoms with Gasteiger partial charge in [0.15, 0.2) is 17.5 Å². The highest BCUT2D eigenvalue weighted by Gasteiger charge is 2.26. The predicted molar refractivity (Wildman–Crippen MR) is 65.2 cm³/mol. The van der Waals surface area contributed by atoms with Gasteiger partial charge in [0.1, 0.15) is 6.10 Å². The van der Waals surface area contributed by atoms with Gasteiger partial charge in [0.05, 0.1) is 0 Å². The van der Waals surface area contributed by atoms with Crippen molar-refractivity contribution in [2.24, 2.45) is 11.8 Å². The summed E-state index contributed by atoms with van der Waals surface area (Å²) in [6, 6.07) is 0.716. The number of nitrogens with zero attached hydrogens (tertiary/aromatic N) is 1. The second-order valence-electron chi connectivity index (χ2n) is 5.30. The van der Waals surface area contributed by atoms with Gasteiger partial charge in [-0.1, -0.05) is 13.8 Å². The summed E-state index contributed by atoms with van der Waals surface area (Å²) in [6.45, 7) is 4.30. The number of nitrogens with two attached hydrogens (primary N) is 1. The van der Waals surface area contributed by atoms with E-state index >= 15 is 0 Å². The molecule has 0 bridgehead atoms. The van der Waals surface area contributed by atoms with Crippen LogP contribution in [0.1, 0.15) is 33.1 Å². The number of nitrogen functional groups attached to an aromatic ring is 1. The molecule has 1 aliphatic rings. The monoisotopic (exact) mass is 256 g/mol. The van der Waals surface area contributed by atoms with E-state index in [1.165, 1.54) is 0 Å². The van der Waals surface area contributed by atoms with Crippen molar-refractivity contribution in [1.82, 2.24) is 4.98 Å². The third kappa shape index (κ3) is 2.89. The second kappa shape index (κ2) is 5.08. The van der Waals surface area contributed by atoms with E-state index in [-0.39, 0.29) is 17.8 Å². The molecule has 0 aliphatic heterocycles. The Morgan fingerprint density at radius 2 is 1.78 bits per heavy atom. The van der Waals surface area contributed by atoms with Crippen LogP contribution in [0.2, 0.25) is 0 Å². The van der Waals surface area contributed by atoms with E-state index in [4.69, 9.17) is 10.5 Å². The van der Waals surface area contributed by atoms with Gasteiger partial charge in [-0.05, 0) is 31.1 Å². The first-order valence-electron chi connectivity index (χ1n) is 6.24. The zero-order chi connectivity index (χ0) is 13.3. The Hall–Kier alpha value is -1.39. The molecule has 0 saturated heterocycles. The van der Waals surface area contributed by atoms with Crippen molar-refractivity contribution < 1.29 is 13.5 Å². The summed E-state index contributed by atoms with van der Waals surface area (Å²) >= 11 is 0. The Labute approximate surface area is 105 Å². The first-order valence-corrected chi connectivity index (χ1v) is 6.24. The van der Waals surface area contributed by atoms with Crippen molar-refractivity contribution in [2.75, 3.05) is 5.73 Å². The number of ether oxygens (including phenoxy) is 1. The molecular weight excluding hydrogens is 238 g/mol. The van der Waals surface area contributed by atoms with Gasteiger partial charge >= 0.3 is 0 Å².